The van der Waals surface area contributed by atoms with Crippen LogP contribution in [0.4, 0.5) is 0 Å². The summed E-state index contributed by atoms with van der Waals surface area (Å²) in [7, 11) is 0. The summed E-state index contributed by atoms with van der Waals surface area (Å²) in [6, 6.07) is 0. The lowest BCUT2D eigenvalue weighted by Gasteiger charge is -1.93. The minimum absolute atomic E-state index is 1.09. The summed E-state index contributed by atoms with van der Waals surface area (Å²) >= 11 is 0. The zero-order valence-electron chi connectivity index (χ0n) is 8.28. The molecule has 0 N–H and O–H groups in total. The van der Waals surface area contributed by atoms with Gasteiger partial charge < -0.3 is 0 Å². The van der Waals surface area contributed by atoms with Crippen molar-refractivity contribution in [1.29, 1.82) is 0 Å². The maximum absolute atomic E-state index is 2.39. The molecule has 0 aliphatic heterocycles. The molecule has 0 saturated carbocycles. The maximum atomic E-state index is 2.39. The summed E-state index contributed by atoms with van der Waals surface area (Å²) in [6.07, 6.45) is 23.0. The van der Waals surface area contributed by atoms with Gasteiger partial charge in [-0.2, -0.15) is 0 Å². The molecular formula is C13H19. The van der Waals surface area contributed by atoms with Gasteiger partial charge >= 0.3 is 0 Å². The first-order valence-corrected chi connectivity index (χ1v) is 5.27. The van der Waals surface area contributed by atoms with Crippen LogP contribution in [0.1, 0.15) is 38.5 Å². The predicted octanol–water partition coefficient (Wildman–Crippen LogP) is 4.21. The summed E-state index contributed by atoms with van der Waals surface area (Å²) in [4.78, 5) is 0. The molecule has 0 heterocycles. The Morgan fingerprint density at radius 1 is 0.462 bits per heavy atom. The molecule has 0 heteroatoms. The summed E-state index contributed by atoms with van der Waals surface area (Å²) in [6.45, 7) is 0. The van der Waals surface area contributed by atoms with Crippen LogP contribution in [-0.2, 0) is 0 Å². The van der Waals surface area contributed by atoms with Crippen LogP contribution >= 0.6 is 0 Å². The number of hydrogen-bond acceptors (Lipinski definition) is 0. The van der Waals surface area contributed by atoms with Gasteiger partial charge in [0.2, 0.25) is 0 Å². The van der Waals surface area contributed by atoms with Gasteiger partial charge in [0.25, 0.3) is 0 Å². The van der Waals surface area contributed by atoms with Crippen LogP contribution in [0, 0.1) is 6.42 Å². The minimum Gasteiger partial charge on any atom is -0.0882 e. The molecule has 0 nitrogen and oxygen atoms in total. The SMILES string of the molecule is [CH]1CCC=CCC=CCC=CCC1. The highest BCUT2D eigenvalue weighted by Gasteiger charge is 1.86. The van der Waals surface area contributed by atoms with E-state index < -0.39 is 0 Å². The van der Waals surface area contributed by atoms with Crippen molar-refractivity contribution in [3.63, 3.8) is 0 Å². The summed E-state index contributed by atoms with van der Waals surface area (Å²) in [5.74, 6) is 0. The monoisotopic (exact) mass is 175 g/mol. The van der Waals surface area contributed by atoms with Crippen LogP contribution in [0.2, 0.25) is 0 Å². The molecule has 0 aromatic carbocycles. The second kappa shape index (κ2) is 7.85. The molecule has 1 rings (SSSR count). The largest absolute Gasteiger partial charge is 0.0882 e. The van der Waals surface area contributed by atoms with E-state index in [9.17, 15) is 0 Å². The van der Waals surface area contributed by atoms with Crippen molar-refractivity contribution < 1.29 is 0 Å². The van der Waals surface area contributed by atoms with Crippen LogP contribution in [0.15, 0.2) is 36.5 Å². The Bertz CT molecular complexity index is 164. The first-order chi connectivity index (χ1) is 6.50. The van der Waals surface area contributed by atoms with E-state index in [2.05, 4.69) is 42.9 Å². The predicted molar refractivity (Wildman–Crippen MR) is 59.4 cm³/mol. The summed E-state index contributed by atoms with van der Waals surface area (Å²) in [5, 5.41) is 0. The molecule has 1 aliphatic carbocycles. The molecule has 0 unspecified atom stereocenters. The van der Waals surface area contributed by atoms with E-state index in [1.54, 1.807) is 0 Å². The zero-order chi connectivity index (χ0) is 9.19. The molecule has 0 fully saturated rings. The highest BCUT2D eigenvalue weighted by atomic mass is 13.9. The quantitative estimate of drug-likeness (QED) is 0.484. The third-order valence-corrected chi connectivity index (χ3v) is 2.12. The van der Waals surface area contributed by atoms with Crippen LogP contribution in [0.3, 0.4) is 0 Å². The van der Waals surface area contributed by atoms with Crippen molar-refractivity contribution in [3.8, 4) is 0 Å². The lowest BCUT2D eigenvalue weighted by atomic mass is 10.1. The lowest BCUT2D eigenvalue weighted by Crippen LogP contribution is -1.75. The van der Waals surface area contributed by atoms with E-state index in [1.807, 2.05) is 0 Å². The molecule has 1 radical (unpaired) electrons. The molecule has 0 spiro atoms. The second-order valence-electron chi connectivity index (χ2n) is 3.33. The molecule has 0 bridgehead atoms. The Labute approximate surface area is 82.0 Å². The Kier molecular flexibility index (Phi) is 6.22. The van der Waals surface area contributed by atoms with Gasteiger partial charge in [-0.1, -0.05) is 36.5 Å². The molecule has 13 heavy (non-hydrogen) atoms. The molecule has 0 amide bonds. The van der Waals surface area contributed by atoms with Gasteiger partial charge in [-0.15, -0.1) is 0 Å². The van der Waals surface area contributed by atoms with Crippen LogP contribution in [0.5, 0.6) is 0 Å². The minimum atomic E-state index is 1.09. The van der Waals surface area contributed by atoms with Crippen LogP contribution in [-0.4, -0.2) is 0 Å². The highest BCUT2D eigenvalue weighted by molar-refractivity contribution is 4.98. The average molecular weight is 175 g/mol. The topological polar surface area (TPSA) is 0 Å². The normalized spacial score (nSPS) is 20.3. The molecule has 0 aromatic heterocycles. The van der Waals surface area contributed by atoms with Crippen molar-refractivity contribution in [2.24, 2.45) is 0 Å². The van der Waals surface area contributed by atoms with Gasteiger partial charge in [0.15, 0.2) is 0 Å². The molecule has 1 aliphatic rings. The molecular weight excluding hydrogens is 156 g/mol. The lowest BCUT2D eigenvalue weighted by molar-refractivity contribution is 0.855. The Hall–Kier alpha value is -0.780. The van der Waals surface area contributed by atoms with Gasteiger partial charge in [0.1, 0.15) is 0 Å². The third kappa shape index (κ3) is 6.39. The smallest absolute Gasteiger partial charge is 0.0169 e. The van der Waals surface area contributed by atoms with Crippen molar-refractivity contribution in [3.05, 3.63) is 42.9 Å². The fourth-order valence-electron chi connectivity index (χ4n) is 1.35. The first-order valence-electron chi connectivity index (χ1n) is 5.27. The van der Waals surface area contributed by atoms with Crippen molar-refractivity contribution in [2.45, 2.75) is 38.5 Å². The van der Waals surface area contributed by atoms with E-state index >= 15 is 0 Å². The van der Waals surface area contributed by atoms with Gasteiger partial charge in [-0.25, -0.2) is 0 Å². The number of rotatable bonds is 0. The first kappa shape index (κ1) is 10.3. The molecule has 0 aromatic rings. The Balaban J connectivity index is 2.28. The van der Waals surface area contributed by atoms with Gasteiger partial charge in [-0.05, 0) is 44.9 Å². The van der Waals surface area contributed by atoms with E-state index in [0.29, 0.717) is 0 Å². The van der Waals surface area contributed by atoms with E-state index in [0.717, 1.165) is 12.8 Å². The highest BCUT2D eigenvalue weighted by Crippen LogP contribution is 2.05. The summed E-state index contributed by atoms with van der Waals surface area (Å²) in [5.41, 5.74) is 0. The van der Waals surface area contributed by atoms with E-state index in [1.165, 1.54) is 25.7 Å². The van der Waals surface area contributed by atoms with E-state index in [4.69, 9.17) is 0 Å². The number of allylic oxidation sites excluding steroid dienone is 6. The molecule has 0 atom stereocenters. The van der Waals surface area contributed by atoms with Gasteiger partial charge in [0.05, 0.1) is 0 Å². The van der Waals surface area contributed by atoms with Crippen LogP contribution in [0.25, 0.3) is 0 Å². The van der Waals surface area contributed by atoms with E-state index in [-0.39, 0.29) is 0 Å². The fraction of sp³-hybridized carbons (Fsp3) is 0.462. The third-order valence-electron chi connectivity index (χ3n) is 2.12. The fourth-order valence-corrected chi connectivity index (χ4v) is 1.35. The van der Waals surface area contributed by atoms with Gasteiger partial charge in [-0.3, -0.25) is 0 Å². The maximum Gasteiger partial charge on any atom is -0.0169 e. The second-order valence-corrected chi connectivity index (χ2v) is 3.33. The Morgan fingerprint density at radius 3 is 1.46 bits per heavy atom. The van der Waals surface area contributed by atoms with Gasteiger partial charge in [0, 0.05) is 0 Å². The zero-order valence-corrected chi connectivity index (χ0v) is 8.28. The standard InChI is InChI=1S/C13H19/c1-2-4-6-8-10-12-13-11-9-7-5-3-1/h1-2,5-8,13H,3-4,9-12H2. The summed E-state index contributed by atoms with van der Waals surface area (Å²) < 4.78 is 0. The molecule has 0 saturated heterocycles. The average Bonchev–Trinajstić information content (AvgIpc) is 2.18. The van der Waals surface area contributed by atoms with Crippen molar-refractivity contribution in [2.75, 3.05) is 0 Å². The number of hydrogen-bond donors (Lipinski definition) is 0. The van der Waals surface area contributed by atoms with Crippen molar-refractivity contribution in [1.82, 2.24) is 0 Å². The Morgan fingerprint density at radius 2 is 0.923 bits per heavy atom. The van der Waals surface area contributed by atoms with Crippen LogP contribution < -0.4 is 0 Å². The van der Waals surface area contributed by atoms with Crippen molar-refractivity contribution >= 4 is 0 Å². The molecule has 71 valence electrons.